The number of rotatable bonds is 5. The Balaban J connectivity index is 2.29. The summed E-state index contributed by atoms with van der Waals surface area (Å²) in [5.41, 5.74) is 0.376. The van der Waals surface area contributed by atoms with Crippen molar-refractivity contribution in [2.75, 3.05) is 11.8 Å². The summed E-state index contributed by atoms with van der Waals surface area (Å²) in [7, 11) is -2.89. The van der Waals surface area contributed by atoms with Gasteiger partial charge in [0, 0.05) is 18.3 Å². The van der Waals surface area contributed by atoms with Gasteiger partial charge in [-0.15, -0.1) is 13.2 Å². The summed E-state index contributed by atoms with van der Waals surface area (Å²) in [6, 6.07) is 9.75. The van der Waals surface area contributed by atoms with Gasteiger partial charge in [0.1, 0.15) is 10.6 Å². The first-order valence-corrected chi connectivity index (χ1v) is 8.30. The quantitative estimate of drug-likeness (QED) is 0.843. The number of carbonyl (C=O) groups is 1. The maximum Gasteiger partial charge on any atom is 0.573 e. The van der Waals surface area contributed by atoms with Gasteiger partial charge in [-0.25, -0.2) is 8.42 Å². The highest BCUT2D eigenvalue weighted by Crippen LogP contribution is 2.30. The van der Waals surface area contributed by atoms with E-state index in [1.807, 2.05) is 0 Å². The summed E-state index contributed by atoms with van der Waals surface area (Å²) in [6.45, 7) is 0. The van der Waals surface area contributed by atoms with Crippen LogP contribution in [0.4, 0.5) is 18.9 Å². The summed E-state index contributed by atoms with van der Waals surface area (Å²) in [5.74, 6) is -1.21. The molecule has 0 radical (unpaired) electrons. The van der Waals surface area contributed by atoms with Crippen molar-refractivity contribution >= 4 is 21.6 Å². The minimum atomic E-state index is -5.03. The van der Waals surface area contributed by atoms with Crippen molar-refractivity contribution in [2.24, 2.45) is 0 Å². The third kappa shape index (κ3) is 4.86. The Morgan fingerprint density at radius 3 is 2.20 bits per heavy atom. The van der Waals surface area contributed by atoms with Gasteiger partial charge in [-0.3, -0.25) is 9.52 Å². The fraction of sp³-hybridized carbons (Fsp3) is 0.133. The van der Waals surface area contributed by atoms with E-state index < -0.39 is 27.0 Å². The fourth-order valence-electron chi connectivity index (χ4n) is 1.93. The standard InChI is InChI=1S/C15H13F3N2O4S/c1-19-14(21)10-6-8-11(9-7-10)20-25(22,23)13-5-3-2-4-12(13)24-15(16,17)18/h2-9,20H,1H3,(H,19,21). The molecule has 2 aromatic rings. The van der Waals surface area contributed by atoms with Gasteiger partial charge in [-0.2, -0.15) is 0 Å². The van der Waals surface area contributed by atoms with Gasteiger partial charge in [0.05, 0.1) is 0 Å². The molecule has 0 aromatic heterocycles. The maximum atomic E-state index is 12.4. The predicted molar refractivity (Wildman–Crippen MR) is 83.8 cm³/mol. The third-order valence-corrected chi connectivity index (χ3v) is 4.41. The van der Waals surface area contributed by atoms with E-state index >= 15 is 0 Å². The SMILES string of the molecule is CNC(=O)c1ccc(NS(=O)(=O)c2ccccc2OC(F)(F)F)cc1. The molecule has 0 heterocycles. The molecule has 0 unspecified atom stereocenters. The van der Waals surface area contributed by atoms with E-state index in [0.29, 0.717) is 5.56 Å². The molecule has 0 atom stereocenters. The molecule has 0 aliphatic carbocycles. The Bertz CT molecular complexity index is 865. The average Bonchev–Trinajstić information content (AvgIpc) is 2.53. The van der Waals surface area contributed by atoms with Crippen molar-refractivity contribution in [2.45, 2.75) is 11.3 Å². The smallest absolute Gasteiger partial charge is 0.404 e. The van der Waals surface area contributed by atoms with Crippen molar-refractivity contribution in [3.8, 4) is 5.75 Å². The molecule has 0 aliphatic rings. The molecule has 0 spiro atoms. The van der Waals surface area contributed by atoms with E-state index in [1.165, 1.54) is 43.4 Å². The fourth-order valence-corrected chi connectivity index (χ4v) is 3.11. The molecule has 2 aromatic carbocycles. The molecule has 2 rings (SSSR count). The molecule has 134 valence electrons. The highest BCUT2D eigenvalue weighted by molar-refractivity contribution is 7.92. The Hall–Kier alpha value is -2.75. The van der Waals surface area contributed by atoms with Crippen LogP contribution in [0.5, 0.6) is 5.75 Å². The van der Waals surface area contributed by atoms with Crippen molar-refractivity contribution in [1.29, 1.82) is 0 Å². The average molecular weight is 374 g/mol. The van der Waals surface area contributed by atoms with Crippen molar-refractivity contribution < 1.29 is 31.1 Å². The van der Waals surface area contributed by atoms with Crippen LogP contribution >= 0.6 is 0 Å². The third-order valence-electron chi connectivity index (χ3n) is 2.99. The number of nitrogens with one attached hydrogen (secondary N) is 2. The summed E-state index contributed by atoms with van der Waals surface area (Å²) < 4.78 is 67.8. The second-order valence-electron chi connectivity index (χ2n) is 4.76. The number of benzene rings is 2. The Morgan fingerprint density at radius 2 is 1.64 bits per heavy atom. The number of para-hydroxylation sites is 1. The number of ether oxygens (including phenoxy) is 1. The first kappa shape index (κ1) is 18.6. The number of sulfonamides is 1. The Labute approximate surface area is 141 Å². The molecule has 0 bridgehead atoms. The number of hydrogen-bond acceptors (Lipinski definition) is 4. The second-order valence-corrected chi connectivity index (χ2v) is 6.41. The zero-order chi connectivity index (χ0) is 18.7. The number of amides is 1. The normalized spacial score (nSPS) is 11.7. The van der Waals surface area contributed by atoms with Crippen molar-refractivity contribution in [1.82, 2.24) is 5.32 Å². The van der Waals surface area contributed by atoms with Gasteiger partial charge in [-0.05, 0) is 36.4 Å². The second kappa shape index (κ2) is 7.01. The van der Waals surface area contributed by atoms with Crippen LogP contribution in [0, 0.1) is 0 Å². The van der Waals surface area contributed by atoms with Crippen LogP contribution in [0.3, 0.4) is 0 Å². The van der Waals surface area contributed by atoms with E-state index in [4.69, 9.17) is 0 Å². The molecule has 25 heavy (non-hydrogen) atoms. The van der Waals surface area contributed by atoms with E-state index in [0.717, 1.165) is 12.1 Å². The number of carbonyl (C=O) groups excluding carboxylic acids is 1. The molecule has 0 saturated carbocycles. The predicted octanol–water partition coefficient (Wildman–Crippen LogP) is 2.75. The van der Waals surface area contributed by atoms with E-state index in [1.54, 1.807) is 0 Å². The van der Waals surface area contributed by atoms with Crippen LogP contribution in [0.2, 0.25) is 0 Å². The molecule has 1 amide bonds. The molecule has 6 nitrogen and oxygen atoms in total. The van der Waals surface area contributed by atoms with Crippen LogP contribution in [0.25, 0.3) is 0 Å². The minimum Gasteiger partial charge on any atom is -0.404 e. The molecule has 0 saturated heterocycles. The van der Waals surface area contributed by atoms with Crippen molar-refractivity contribution in [3.63, 3.8) is 0 Å². The monoisotopic (exact) mass is 374 g/mol. The lowest BCUT2D eigenvalue weighted by atomic mass is 10.2. The minimum absolute atomic E-state index is 0.0782. The largest absolute Gasteiger partial charge is 0.573 e. The molecule has 10 heteroatoms. The van der Waals surface area contributed by atoms with Gasteiger partial charge in [-0.1, -0.05) is 12.1 Å². The number of halogens is 3. The van der Waals surface area contributed by atoms with Gasteiger partial charge in [0.25, 0.3) is 15.9 Å². The van der Waals surface area contributed by atoms with Gasteiger partial charge < -0.3 is 10.1 Å². The van der Waals surface area contributed by atoms with Gasteiger partial charge in [0.2, 0.25) is 0 Å². The number of anilines is 1. The molecule has 2 N–H and O–H groups in total. The van der Waals surface area contributed by atoms with Crippen LogP contribution < -0.4 is 14.8 Å². The maximum absolute atomic E-state index is 12.4. The lowest BCUT2D eigenvalue weighted by Crippen LogP contribution is -2.21. The molecule has 0 aliphatic heterocycles. The molecular formula is C15H13F3N2O4S. The topological polar surface area (TPSA) is 84.5 Å². The highest BCUT2D eigenvalue weighted by atomic mass is 32.2. The zero-order valence-electron chi connectivity index (χ0n) is 12.8. The van der Waals surface area contributed by atoms with Crippen molar-refractivity contribution in [3.05, 3.63) is 54.1 Å². The van der Waals surface area contributed by atoms with Crippen LogP contribution in [-0.4, -0.2) is 27.7 Å². The Morgan fingerprint density at radius 1 is 1.04 bits per heavy atom. The lowest BCUT2D eigenvalue weighted by Gasteiger charge is -2.14. The lowest BCUT2D eigenvalue weighted by molar-refractivity contribution is -0.275. The zero-order valence-corrected chi connectivity index (χ0v) is 13.6. The van der Waals surface area contributed by atoms with Crippen LogP contribution in [-0.2, 0) is 10.0 Å². The highest BCUT2D eigenvalue weighted by Gasteiger charge is 2.34. The van der Waals surface area contributed by atoms with Crippen LogP contribution in [0.15, 0.2) is 53.4 Å². The molecular weight excluding hydrogens is 361 g/mol. The first-order chi connectivity index (χ1) is 11.6. The number of hydrogen-bond donors (Lipinski definition) is 2. The number of alkyl halides is 3. The summed E-state index contributed by atoms with van der Waals surface area (Å²) in [4.78, 5) is 10.8. The van der Waals surface area contributed by atoms with Gasteiger partial charge >= 0.3 is 6.36 Å². The van der Waals surface area contributed by atoms with E-state index in [9.17, 15) is 26.4 Å². The first-order valence-electron chi connectivity index (χ1n) is 6.82. The van der Waals surface area contributed by atoms with Crippen LogP contribution in [0.1, 0.15) is 10.4 Å². The summed E-state index contributed by atoms with van der Waals surface area (Å²) >= 11 is 0. The van der Waals surface area contributed by atoms with E-state index in [2.05, 4.69) is 14.8 Å². The molecule has 0 fully saturated rings. The summed E-state index contributed by atoms with van der Waals surface area (Å²) in [5, 5.41) is 2.40. The Kier molecular flexibility index (Phi) is 5.21. The van der Waals surface area contributed by atoms with E-state index in [-0.39, 0.29) is 11.6 Å². The summed E-state index contributed by atoms with van der Waals surface area (Å²) in [6.07, 6.45) is -5.03. The van der Waals surface area contributed by atoms with Gasteiger partial charge in [0.15, 0.2) is 0 Å².